The Morgan fingerprint density at radius 3 is 2.44 bits per heavy atom. The third-order valence-electron chi connectivity index (χ3n) is 13.1. The fourth-order valence-corrected chi connectivity index (χ4v) is 12.3. The summed E-state index contributed by atoms with van der Waals surface area (Å²) in [5.74, 6) is 1.28. The van der Waals surface area contributed by atoms with Crippen molar-refractivity contribution < 1.29 is 32.6 Å². The van der Waals surface area contributed by atoms with Crippen LogP contribution in [0.25, 0.3) is 0 Å². The van der Waals surface area contributed by atoms with Crippen molar-refractivity contribution in [3.05, 3.63) is 24.0 Å². The number of fused-ring (bicyclic) bond motifs is 5. The molecule has 2 N–H and O–H groups in total. The first kappa shape index (κ1) is 32.9. The summed E-state index contributed by atoms with van der Waals surface area (Å²) in [6.07, 6.45) is 9.43. The van der Waals surface area contributed by atoms with Crippen molar-refractivity contribution in [1.82, 2.24) is 0 Å². The summed E-state index contributed by atoms with van der Waals surface area (Å²) in [7, 11) is -2.61. The molecule has 0 radical (unpaired) electrons. The zero-order chi connectivity index (χ0) is 31.3. The topological polar surface area (TPSA) is 101 Å². The quantitative estimate of drug-likeness (QED) is 0.305. The van der Waals surface area contributed by atoms with Crippen LogP contribution in [-0.4, -0.2) is 49.5 Å². The van der Waals surface area contributed by atoms with Gasteiger partial charge in [0.25, 0.3) is 0 Å². The van der Waals surface area contributed by atoms with E-state index >= 15 is 0 Å². The Morgan fingerprint density at radius 2 is 1.74 bits per heavy atom. The lowest BCUT2D eigenvalue weighted by molar-refractivity contribution is -0.203. The third-order valence-corrected chi connectivity index (χ3v) is 14.7. The highest BCUT2D eigenvalue weighted by molar-refractivity contribution is 7.92. The molecule has 242 valence electrons. The van der Waals surface area contributed by atoms with E-state index < -0.39 is 21.4 Å². The van der Waals surface area contributed by atoms with Gasteiger partial charge in [-0.3, -0.25) is 4.79 Å². The van der Waals surface area contributed by atoms with E-state index in [-0.39, 0.29) is 51.8 Å². The number of methoxy groups -OCH3 is 1. The standard InChI is InChI=1S/C35H53FO6S/c1-6-27-31-18-23(37)12-14-35(31,4)30-13-15-34(3)28(10-11-29(34)32(30)33(27)39)21(2)8-7-9-24(38)20-43(40,41)26-17-22(36)16-25(19-26)42-5/h16-17,19,21,23,27-33,37,39H,6-15,18,20H2,1-5H3/t21-,23-,27-,28-,29+,30+,31+,32+,33-,34-,35-/m1/s1. The number of benzene rings is 1. The van der Waals surface area contributed by atoms with Crippen LogP contribution in [0.5, 0.6) is 5.75 Å². The van der Waals surface area contributed by atoms with Crippen molar-refractivity contribution in [3.63, 3.8) is 0 Å². The van der Waals surface area contributed by atoms with Crippen molar-refractivity contribution >= 4 is 15.6 Å². The number of carbonyl (C=O) groups is 1. The average Bonchev–Trinajstić information content (AvgIpc) is 3.30. The molecular formula is C35H53FO6S. The van der Waals surface area contributed by atoms with E-state index in [1.165, 1.54) is 13.2 Å². The Morgan fingerprint density at radius 1 is 1.05 bits per heavy atom. The van der Waals surface area contributed by atoms with Gasteiger partial charge in [0.1, 0.15) is 23.1 Å². The normalized spacial score (nSPS) is 39.8. The molecule has 4 saturated carbocycles. The second kappa shape index (κ2) is 12.4. The molecule has 11 atom stereocenters. The minimum Gasteiger partial charge on any atom is -0.497 e. The Hall–Kier alpha value is -1.51. The largest absolute Gasteiger partial charge is 0.497 e. The maximum absolute atomic E-state index is 13.9. The van der Waals surface area contributed by atoms with Gasteiger partial charge in [-0.05, 0) is 116 Å². The van der Waals surface area contributed by atoms with Crippen molar-refractivity contribution in [3.8, 4) is 5.75 Å². The van der Waals surface area contributed by atoms with Crippen LogP contribution >= 0.6 is 0 Å². The van der Waals surface area contributed by atoms with Crippen LogP contribution in [0.3, 0.4) is 0 Å². The second-order valence-electron chi connectivity index (χ2n) is 15.1. The van der Waals surface area contributed by atoms with E-state index in [4.69, 9.17) is 4.74 Å². The molecule has 4 aliphatic rings. The van der Waals surface area contributed by atoms with E-state index in [1.54, 1.807) is 0 Å². The number of carbonyl (C=O) groups excluding carboxylic acids is 1. The summed E-state index contributed by atoms with van der Waals surface area (Å²) in [5, 5.41) is 22.5. The lowest BCUT2D eigenvalue weighted by Gasteiger charge is -2.64. The van der Waals surface area contributed by atoms with Gasteiger partial charge in [0.15, 0.2) is 9.84 Å². The fraction of sp³-hybridized carbons (Fsp3) is 0.800. The van der Waals surface area contributed by atoms with Gasteiger partial charge < -0.3 is 14.9 Å². The summed E-state index contributed by atoms with van der Waals surface area (Å²) in [5.41, 5.74) is 0.340. The minimum absolute atomic E-state index is 0.106. The molecule has 1 aromatic carbocycles. The third kappa shape index (κ3) is 5.94. The van der Waals surface area contributed by atoms with Gasteiger partial charge in [-0.2, -0.15) is 0 Å². The van der Waals surface area contributed by atoms with Gasteiger partial charge >= 0.3 is 0 Å². The van der Waals surface area contributed by atoms with Crippen LogP contribution in [0, 0.1) is 58.1 Å². The lowest BCUT2D eigenvalue weighted by atomic mass is 9.41. The number of rotatable bonds is 10. The molecule has 0 spiro atoms. The molecule has 0 amide bonds. The Balaban J connectivity index is 1.21. The van der Waals surface area contributed by atoms with Gasteiger partial charge in [-0.1, -0.05) is 40.5 Å². The van der Waals surface area contributed by atoms with Crippen molar-refractivity contribution in [2.24, 2.45) is 52.3 Å². The molecule has 43 heavy (non-hydrogen) atoms. The van der Waals surface area contributed by atoms with E-state index in [2.05, 4.69) is 27.7 Å². The Labute approximate surface area is 258 Å². The van der Waals surface area contributed by atoms with Crippen LogP contribution < -0.4 is 4.74 Å². The van der Waals surface area contributed by atoms with E-state index in [0.717, 1.165) is 69.9 Å². The molecule has 4 aliphatic carbocycles. The number of aliphatic hydroxyl groups is 2. The van der Waals surface area contributed by atoms with Crippen molar-refractivity contribution in [2.75, 3.05) is 12.9 Å². The molecule has 0 aromatic heterocycles. The van der Waals surface area contributed by atoms with Gasteiger partial charge in [0, 0.05) is 12.5 Å². The zero-order valence-corrected chi connectivity index (χ0v) is 27.5. The van der Waals surface area contributed by atoms with Gasteiger partial charge in [0.2, 0.25) is 0 Å². The molecule has 4 fully saturated rings. The van der Waals surface area contributed by atoms with E-state index in [9.17, 15) is 27.8 Å². The highest BCUT2D eigenvalue weighted by Gasteiger charge is 2.64. The van der Waals surface area contributed by atoms with Crippen LogP contribution in [0.4, 0.5) is 4.39 Å². The van der Waals surface area contributed by atoms with Crippen LogP contribution in [0.1, 0.15) is 98.3 Å². The summed E-state index contributed by atoms with van der Waals surface area (Å²) in [6, 6.07) is 3.30. The number of ketones is 1. The molecule has 0 aliphatic heterocycles. The first-order valence-electron chi connectivity index (χ1n) is 16.7. The molecule has 8 heteroatoms. The van der Waals surface area contributed by atoms with Crippen LogP contribution in [-0.2, 0) is 14.6 Å². The number of Topliss-reactive ketones (excluding diaryl/α,β-unsaturated/α-hetero) is 1. The number of hydrogen-bond donors (Lipinski definition) is 2. The maximum Gasteiger partial charge on any atom is 0.185 e. The van der Waals surface area contributed by atoms with Crippen LogP contribution in [0.15, 0.2) is 23.1 Å². The summed E-state index contributed by atoms with van der Waals surface area (Å²) >= 11 is 0. The monoisotopic (exact) mass is 620 g/mol. The number of sulfone groups is 1. The molecule has 5 rings (SSSR count). The first-order valence-corrected chi connectivity index (χ1v) is 18.4. The zero-order valence-electron chi connectivity index (χ0n) is 26.7. The molecule has 6 nitrogen and oxygen atoms in total. The molecule has 0 heterocycles. The van der Waals surface area contributed by atoms with Gasteiger partial charge in [-0.15, -0.1) is 0 Å². The number of hydrogen-bond acceptors (Lipinski definition) is 6. The minimum atomic E-state index is -3.95. The number of ether oxygens (including phenoxy) is 1. The predicted molar refractivity (Wildman–Crippen MR) is 165 cm³/mol. The molecular weight excluding hydrogens is 567 g/mol. The second-order valence-corrected chi connectivity index (χ2v) is 17.1. The Bertz CT molecular complexity index is 1280. The lowest BCUT2D eigenvalue weighted by Crippen LogP contribution is -2.62. The van der Waals surface area contributed by atoms with E-state index in [1.807, 2.05) is 0 Å². The Kier molecular flexibility index (Phi) is 9.44. The predicted octanol–water partition coefficient (Wildman–Crippen LogP) is 6.61. The van der Waals surface area contributed by atoms with Crippen molar-refractivity contribution in [2.45, 2.75) is 115 Å². The summed E-state index contributed by atoms with van der Waals surface area (Å²) in [6.45, 7) is 9.42. The highest BCUT2D eigenvalue weighted by atomic mass is 32.2. The summed E-state index contributed by atoms with van der Waals surface area (Å²) < 4.78 is 44.5. The molecule has 1 aromatic rings. The molecule has 0 unspecified atom stereocenters. The van der Waals surface area contributed by atoms with Gasteiger partial charge in [-0.25, -0.2) is 12.8 Å². The SMILES string of the molecule is CC[C@H]1[C@@H](O)[C@@H]2[C@H](CC[C@]3(C)[C@@H]([C@H](C)CCCC(=O)CS(=O)(=O)c4cc(F)cc(OC)c4)CC[C@@H]23)[C@@]2(C)CC[C@@H](O)C[C@@H]12. The molecule has 0 saturated heterocycles. The van der Waals surface area contributed by atoms with Gasteiger partial charge in [0.05, 0.1) is 24.2 Å². The van der Waals surface area contributed by atoms with E-state index in [0.29, 0.717) is 41.9 Å². The summed E-state index contributed by atoms with van der Waals surface area (Å²) in [4.78, 5) is 12.5. The number of aliphatic hydroxyl groups excluding tert-OH is 2. The first-order chi connectivity index (χ1) is 20.2. The average molecular weight is 621 g/mol. The fourth-order valence-electron chi connectivity index (χ4n) is 11.0. The highest BCUT2D eigenvalue weighted by Crippen LogP contribution is 2.69. The van der Waals surface area contributed by atoms with Crippen LogP contribution in [0.2, 0.25) is 0 Å². The number of halogens is 1. The smallest absolute Gasteiger partial charge is 0.185 e. The maximum atomic E-state index is 13.9. The van der Waals surface area contributed by atoms with Crippen molar-refractivity contribution in [1.29, 1.82) is 0 Å². The molecule has 0 bridgehead atoms.